The highest BCUT2D eigenvalue weighted by Crippen LogP contribution is 2.24. The zero-order chi connectivity index (χ0) is 9.97. The van der Waals surface area contributed by atoms with Crippen molar-refractivity contribution in [3.05, 3.63) is 29.3 Å². The fraction of sp³-hybridized carbons (Fsp3) is 0.500. The van der Waals surface area contributed by atoms with E-state index >= 15 is 0 Å². The van der Waals surface area contributed by atoms with E-state index in [0.29, 0.717) is 0 Å². The molecule has 0 unspecified atom stereocenters. The van der Waals surface area contributed by atoms with Gasteiger partial charge in [-0.3, -0.25) is 0 Å². The average Bonchev–Trinajstić information content (AvgIpc) is 2.23. The van der Waals surface area contributed by atoms with E-state index in [1.165, 1.54) is 41.4 Å². The molecule has 2 rings (SSSR count). The monoisotopic (exact) mass is 207 g/mol. The van der Waals surface area contributed by atoms with Gasteiger partial charge < -0.3 is 4.90 Å². The summed E-state index contributed by atoms with van der Waals surface area (Å²) in [6.07, 6.45) is 0. The second-order valence-corrected chi connectivity index (χ2v) is 5.11. The maximum atomic E-state index is 2.51. The fourth-order valence-corrected chi connectivity index (χ4v) is 2.77. The molecule has 0 atom stereocenters. The highest BCUT2D eigenvalue weighted by Gasteiger charge is 2.12. The van der Waals surface area contributed by atoms with Gasteiger partial charge in [-0.05, 0) is 31.0 Å². The predicted octanol–water partition coefficient (Wildman–Crippen LogP) is 2.86. The Morgan fingerprint density at radius 3 is 2.57 bits per heavy atom. The zero-order valence-electron chi connectivity index (χ0n) is 8.92. The minimum atomic E-state index is 1.20. The Balaban J connectivity index is 2.24. The summed E-state index contributed by atoms with van der Waals surface area (Å²) in [6, 6.07) is 6.73. The molecule has 1 aromatic rings. The van der Waals surface area contributed by atoms with Gasteiger partial charge in [-0.15, -0.1) is 0 Å². The zero-order valence-corrected chi connectivity index (χ0v) is 9.73. The van der Waals surface area contributed by atoms with E-state index in [1.807, 2.05) is 0 Å². The van der Waals surface area contributed by atoms with Gasteiger partial charge in [-0.25, -0.2) is 0 Å². The van der Waals surface area contributed by atoms with E-state index in [0.717, 1.165) is 0 Å². The lowest BCUT2D eigenvalue weighted by Gasteiger charge is -2.30. The van der Waals surface area contributed by atoms with E-state index in [2.05, 4.69) is 48.7 Å². The highest BCUT2D eigenvalue weighted by atomic mass is 32.2. The molecule has 1 fully saturated rings. The molecule has 0 radical (unpaired) electrons. The van der Waals surface area contributed by atoms with Gasteiger partial charge in [-0.2, -0.15) is 11.8 Å². The Hall–Kier alpha value is -0.630. The van der Waals surface area contributed by atoms with Crippen LogP contribution >= 0.6 is 11.8 Å². The van der Waals surface area contributed by atoms with Crippen LogP contribution < -0.4 is 4.90 Å². The smallest absolute Gasteiger partial charge is 0.0399 e. The van der Waals surface area contributed by atoms with Gasteiger partial charge in [0.25, 0.3) is 0 Å². The van der Waals surface area contributed by atoms with Crippen LogP contribution in [0, 0.1) is 13.8 Å². The van der Waals surface area contributed by atoms with Gasteiger partial charge in [0, 0.05) is 30.3 Å². The Morgan fingerprint density at radius 1 is 1.14 bits per heavy atom. The molecular weight excluding hydrogens is 190 g/mol. The molecule has 2 heteroatoms. The standard InChI is InChI=1S/C12H17NS/c1-10-3-4-11(2)12(9-10)13-5-7-14-8-6-13/h3-4,9H,5-8H2,1-2H3. The van der Waals surface area contributed by atoms with Crippen LogP contribution in [0.2, 0.25) is 0 Å². The van der Waals surface area contributed by atoms with Gasteiger partial charge in [0.2, 0.25) is 0 Å². The first-order chi connectivity index (χ1) is 6.77. The number of hydrogen-bond acceptors (Lipinski definition) is 2. The van der Waals surface area contributed by atoms with Crippen molar-refractivity contribution >= 4 is 17.4 Å². The first kappa shape index (κ1) is 9.91. The third-order valence-corrected chi connectivity index (χ3v) is 3.66. The number of benzene rings is 1. The van der Waals surface area contributed by atoms with Crippen LogP contribution in [0.4, 0.5) is 5.69 Å². The van der Waals surface area contributed by atoms with Crippen LogP contribution in [0.15, 0.2) is 18.2 Å². The summed E-state index contributed by atoms with van der Waals surface area (Å²) in [6.45, 7) is 6.78. The summed E-state index contributed by atoms with van der Waals surface area (Å²) >= 11 is 2.06. The van der Waals surface area contributed by atoms with Crippen molar-refractivity contribution in [3.63, 3.8) is 0 Å². The third kappa shape index (κ3) is 2.06. The molecule has 1 aliphatic rings. The van der Waals surface area contributed by atoms with Gasteiger partial charge in [0.1, 0.15) is 0 Å². The largest absolute Gasteiger partial charge is 0.370 e. The van der Waals surface area contributed by atoms with Gasteiger partial charge in [0.15, 0.2) is 0 Å². The van der Waals surface area contributed by atoms with E-state index in [-0.39, 0.29) is 0 Å². The Labute approximate surface area is 90.5 Å². The number of aryl methyl sites for hydroxylation is 2. The van der Waals surface area contributed by atoms with Gasteiger partial charge >= 0.3 is 0 Å². The first-order valence-corrected chi connectivity index (χ1v) is 6.33. The van der Waals surface area contributed by atoms with Crippen molar-refractivity contribution in [1.82, 2.24) is 0 Å². The minimum Gasteiger partial charge on any atom is -0.370 e. The van der Waals surface area contributed by atoms with Crippen molar-refractivity contribution in [3.8, 4) is 0 Å². The average molecular weight is 207 g/mol. The third-order valence-electron chi connectivity index (χ3n) is 2.72. The molecule has 0 N–H and O–H groups in total. The summed E-state index contributed by atoms with van der Waals surface area (Å²) in [5.74, 6) is 2.54. The summed E-state index contributed by atoms with van der Waals surface area (Å²) < 4.78 is 0. The van der Waals surface area contributed by atoms with E-state index in [1.54, 1.807) is 0 Å². The van der Waals surface area contributed by atoms with Crippen LogP contribution in [-0.4, -0.2) is 24.6 Å². The lowest BCUT2D eigenvalue weighted by atomic mass is 10.1. The van der Waals surface area contributed by atoms with Crippen LogP contribution in [0.5, 0.6) is 0 Å². The number of thioether (sulfide) groups is 1. The molecule has 14 heavy (non-hydrogen) atoms. The Morgan fingerprint density at radius 2 is 1.86 bits per heavy atom. The molecule has 76 valence electrons. The fourth-order valence-electron chi connectivity index (χ4n) is 1.86. The molecule has 0 saturated carbocycles. The summed E-state index contributed by atoms with van der Waals surface area (Å²) in [7, 11) is 0. The van der Waals surface area contributed by atoms with E-state index in [9.17, 15) is 0 Å². The van der Waals surface area contributed by atoms with Gasteiger partial charge in [-0.1, -0.05) is 12.1 Å². The maximum Gasteiger partial charge on any atom is 0.0399 e. The molecule has 1 aromatic carbocycles. The van der Waals surface area contributed by atoms with Crippen molar-refractivity contribution in [2.24, 2.45) is 0 Å². The van der Waals surface area contributed by atoms with Crippen LogP contribution in [0.1, 0.15) is 11.1 Å². The Bertz CT molecular complexity index is 316. The van der Waals surface area contributed by atoms with E-state index < -0.39 is 0 Å². The molecule has 0 amide bonds. The molecule has 0 spiro atoms. The number of nitrogens with zero attached hydrogens (tertiary/aromatic N) is 1. The van der Waals surface area contributed by atoms with Gasteiger partial charge in [0.05, 0.1) is 0 Å². The Kier molecular flexibility index (Phi) is 3.02. The molecule has 1 aliphatic heterocycles. The molecule has 0 aliphatic carbocycles. The quantitative estimate of drug-likeness (QED) is 0.696. The summed E-state index contributed by atoms with van der Waals surface area (Å²) in [4.78, 5) is 2.51. The summed E-state index contributed by atoms with van der Waals surface area (Å²) in [5.41, 5.74) is 4.21. The van der Waals surface area contributed by atoms with Crippen LogP contribution in [-0.2, 0) is 0 Å². The van der Waals surface area contributed by atoms with Crippen LogP contribution in [0.25, 0.3) is 0 Å². The highest BCUT2D eigenvalue weighted by molar-refractivity contribution is 7.99. The lowest BCUT2D eigenvalue weighted by Crippen LogP contribution is -2.32. The predicted molar refractivity (Wildman–Crippen MR) is 65.5 cm³/mol. The number of anilines is 1. The summed E-state index contributed by atoms with van der Waals surface area (Å²) in [5, 5.41) is 0. The van der Waals surface area contributed by atoms with Crippen molar-refractivity contribution < 1.29 is 0 Å². The molecule has 0 bridgehead atoms. The van der Waals surface area contributed by atoms with Crippen molar-refractivity contribution in [2.75, 3.05) is 29.5 Å². The first-order valence-electron chi connectivity index (χ1n) is 5.17. The maximum absolute atomic E-state index is 2.51. The lowest BCUT2D eigenvalue weighted by molar-refractivity contribution is 0.853. The minimum absolute atomic E-state index is 1.20. The van der Waals surface area contributed by atoms with Crippen molar-refractivity contribution in [1.29, 1.82) is 0 Å². The number of rotatable bonds is 1. The van der Waals surface area contributed by atoms with Crippen molar-refractivity contribution in [2.45, 2.75) is 13.8 Å². The second-order valence-electron chi connectivity index (χ2n) is 3.89. The topological polar surface area (TPSA) is 3.24 Å². The molecule has 0 aromatic heterocycles. The number of hydrogen-bond donors (Lipinski definition) is 0. The SMILES string of the molecule is Cc1ccc(C)c(N2CCSCC2)c1. The van der Waals surface area contributed by atoms with E-state index in [4.69, 9.17) is 0 Å². The molecule has 1 saturated heterocycles. The molecular formula is C12H17NS. The second kappa shape index (κ2) is 4.26. The normalized spacial score (nSPS) is 17.1. The molecule has 1 heterocycles. The molecule has 1 nitrogen and oxygen atoms in total. The van der Waals surface area contributed by atoms with Crippen LogP contribution in [0.3, 0.4) is 0 Å².